The third-order valence-electron chi connectivity index (χ3n) is 6.98. The summed E-state index contributed by atoms with van der Waals surface area (Å²) in [4.78, 5) is 54.1. The van der Waals surface area contributed by atoms with E-state index in [1.165, 1.54) is 19.2 Å². The van der Waals surface area contributed by atoms with Gasteiger partial charge in [0.1, 0.15) is 12.3 Å². The summed E-state index contributed by atoms with van der Waals surface area (Å²) in [6, 6.07) is 5.49. The molecule has 12 heteroatoms. The van der Waals surface area contributed by atoms with Crippen LogP contribution in [0.3, 0.4) is 0 Å². The third-order valence-corrected chi connectivity index (χ3v) is 9.42. The van der Waals surface area contributed by atoms with Crippen LogP contribution in [0.25, 0.3) is 10.8 Å². The molecule has 6 N–H and O–H groups in total. The van der Waals surface area contributed by atoms with E-state index < -0.39 is 43.3 Å². The van der Waals surface area contributed by atoms with Crippen LogP contribution in [-0.4, -0.2) is 60.7 Å². The zero-order valence-corrected chi connectivity index (χ0v) is 25.5. The zero-order chi connectivity index (χ0) is 30.6. The summed E-state index contributed by atoms with van der Waals surface area (Å²) < 4.78 is 20.1. The summed E-state index contributed by atoms with van der Waals surface area (Å²) in [5.41, 5.74) is 13.1. The smallest absolute Gasteiger partial charge is 0.261 e. The van der Waals surface area contributed by atoms with Gasteiger partial charge in [-0.25, -0.2) is 0 Å². The van der Waals surface area contributed by atoms with Crippen molar-refractivity contribution in [2.45, 2.75) is 53.5 Å². The molecule has 2 unspecified atom stereocenters. The molecule has 0 saturated carbocycles. The van der Waals surface area contributed by atoms with Crippen LogP contribution in [0.4, 0.5) is 11.4 Å². The fraction of sp³-hybridized carbons (Fsp3) is 0.517. The maximum Gasteiger partial charge on any atom is 0.261 e. The number of benzene rings is 2. The van der Waals surface area contributed by atoms with E-state index in [1.54, 1.807) is 19.1 Å². The number of carbonyl (C=O) groups excluding carboxylic acids is 4. The van der Waals surface area contributed by atoms with Gasteiger partial charge in [0.25, 0.3) is 11.8 Å². The number of nitrogens with two attached hydrogens (primary N) is 2. The van der Waals surface area contributed by atoms with Crippen LogP contribution in [0.2, 0.25) is 0 Å². The largest absolute Gasteiger partial charge is 0.399 e. The molecule has 0 radical (unpaired) electrons. The third kappa shape index (κ3) is 7.45. The SMILES string of the molecule is CCOP(=O)(CC(CC(C)C)C(=O)N[C@@H](CC(C)C)C(=O)NC)CN1C(=O)c2cc(N)cc3cc(N)cc(c23)C1=O. The van der Waals surface area contributed by atoms with Crippen molar-refractivity contribution in [3.05, 3.63) is 35.4 Å². The maximum atomic E-state index is 14.3. The van der Waals surface area contributed by atoms with Crippen molar-refractivity contribution in [2.24, 2.45) is 17.8 Å². The molecule has 2 aromatic rings. The topological polar surface area (TPSA) is 174 Å². The van der Waals surface area contributed by atoms with Crippen molar-refractivity contribution >= 4 is 53.1 Å². The molecule has 0 spiro atoms. The number of amides is 4. The van der Waals surface area contributed by atoms with Gasteiger partial charge >= 0.3 is 0 Å². The average Bonchev–Trinajstić information content (AvgIpc) is 2.87. The number of nitrogens with zero attached hydrogens (tertiary/aromatic N) is 1. The minimum Gasteiger partial charge on any atom is -0.399 e. The Morgan fingerprint density at radius 2 is 1.46 bits per heavy atom. The first-order valence-electron chi connectivity index (χ1n) is 13.9. The van der Waals surface area contributed by atoms with E-state index in [4.69, 9.17) is 16.0 Å². The Morgan fingerprint density at radius 3 is 1.93 bits per heavy atom. The van der Waals surface area contributed by atoms with Crippen molar-refractivity contribution in [2.75, 3.05) is 37.6 Å². The monoisotopic (exact) mass is 587 g/mol. The van der Waals surface area contributed by atoms with Gasteiger partial charge in [-0.3, -0.25) is 28.6 Å². The highest BCUT2D eigenvalue weighted by Crippen LogP contribution is 2.51. The van der Waals surface area contributed by atoms with Crippen LogP contribution >= 0.6 is 7.37 Å². The summed E-state index contributed by atoms with van der Waals surface area (Å²) in [7, 11) is -2.28. The number of likely N-dealkylation sites (N-methyl/N-ethyl adjacent to an activating group) is 1. The Morgan fingerprint density at radius 1 is 0.927 bits per heavy atom. The Balaban J connectivity index is 1.95. The zero-order valence-electron chi connectivity index (χ0n) is 24.7. The molecule has 0 saturated heterocycles. The normalized spacial score (nSPS) is 16.1. The number of nitrogens with one attached hydrogen (secondary N) is 2. The van der Waals surface area contributed by atoms with Gasteiger partial charge in [0.15, 0.2) is 0 Å². The van der Waals surface area contributed by atoms with E-state index in [9.17, 15) is 23.7 Å². The molecule has 0 aliphatic carbocycles. The number of carbonyl (C=O) groups is 4. The van der Waals surface area contributed by atoms with Crippen LogP contribution in [0.1, 0.15) is 68.2 Å². The molecular weight excluding hydrogens is 545 g/mol. The average molecular weight is 588 g/mol. The Hall–Kier alpha value is -3.43. The Labute approximate surface area is 241 Å². The molecule has 224 valence electrons. The molecule has 1 aliphatic rings. The second-order valence-corrected chi connectivity index (χ2v) is 14.0. The quantitative estimate of drug-likeness (QED) is 0.155. The molecule has 2 aromatic carbocycles. The summed E-state index contributed by atoms with van der Waals surface area (Å²) in [6.45, 7) is 9.46. The highest BCUT2D eigenvalue weighted by molar-refractivity contribution is 7.59. The number of anilines is 2. The van der Waals surface area contributed by atoms with Crippen LogP contribution < -0.4 is 22.1 Å². The highest BCUT2D eigenvalue weighted by atomic mass is 31.2. The number of hydrogen-bond acceptors (Lipinski definition) is 8. The molecule has 1 heterocycles. The van der Waals surface area contributed by atoms with Crippen molar-refractivity contribution in [3.63, 3.8) is 0 Å². The lowest BCUT2D eigenvalue weighted by atomic mass is 9.93. The minimum atomic E-state index is -3.78. The van der Waals surface area contributed by atoms with Crippen LogP contribution in [0, 0.1) is 17.8 Å². The fourth-order valence-electron chi connectivity index (χ4n) is 5.35. The van der Waals surface area contributed by atoms with Crippen molar-refractivity contribution in [1.29, 1.82) is 0 Å². The van der Waals surface area contributed by atoms with Gasteiger partial charge in [0.05, 0.1) is 17.7 Å². The summed E-state index contributed by atoms with van der Waals surface area (Å²) in [6.07, 6.45) is 0.0645. The lowest BCUT2D eigenvalue weighted by Crippen LogP contribution is -2.49. The first-order chi connectivity index (χ1) is 19.2. The summed E-state index contributed by atoms with van der Waals surface area (Å²) in [5.74, 6) is -2.64. The standard InChI is InChI=1S/C29H42N5O6P/c1-7-40-41(39,14-19(8-16(2)3)26(35)33-24(9-17(4)5)27(36)32-6)15-34-28(37)22-12-20(30)10-18-11-21(31)13-23(25(18)22)29(34)38/h10-13,16-17,19,24H,7-9,14-15,30-31H2,1-6H3,(H,32,36)(H,33,35)/t19?,24-,41?/m0/s1. The summed E-state index contributed by atoms with van der Waals surface area (Å²) >= 11 is 0. The van der Waals surface area contributed by atoms with Gasteiger partial charge in [-0.15, -0.1) is 0 Å². The molecule has 0 aromatic heterocycles. The molecule has 1 aliphatic heterocycles. The second-order valence-electron chi connectivity index (χ2n) is 11.5. The Kier molecular flexibility index (Phi) is 10.2. The molecule has 3 rings (SSSR count). The van der Waals surface area contributed by atoms with E-state index in [0.29, 0.717) is 35.0 Å². The number of nitrogen functional groups attached to an aromatic ring is 2. The number of rotatable bonds is 13. The van der Waals surface area contributed by atoms with E-state index in [-0.39, 0.29) is 41.6 Å². The van der Waals surface area contributed by atoms with Gasteiger partial charge < -0.3 is 26.6 Å². The van der Waals surface area contributed by atoms with Crippen molar-refractivity contribution < 1.29 is 28.3 Å². The molecular formula is C29H42N5O6P. The lowest BCUT2D eigenvalue weighted by molar-refractivity contribution is -0.131. The first-order valence-corrected chi connectivity index (χ1v) is 15.9. The second kappa shape index (κ2) is 13.0. The predicted octanol–water partition coefficient (Wildman–Crippen LogP) is 3.81. The molecule has 41 heavy (non-hydrogen) atoms. The van der Waals surface area contributed by atoms with E-state index in [2.05, 4.69) is 10.6 Å². The Bertz CT molecular complexity index is 1330. The predicted molar refractivity (Wildman–Crippen MR) is 161 cm³/mol. The highest BCUT2D eigenvalue weighted by Gasteiger charge is 2.41. The lowest BCUT2D eigenvalue weighted by Gasteiger charge is -2.32. The van der Waals surface area contributed by atoms with Crippen LogP contribution in [0.5, 0.6) is 0 Å². The van der Waals surface area contributed by atoms with Crippen LogP contribution in [0.15, 0.2) is 24.3 Å². The molecule has 3 atom stereocenters. The summed E-state index contributed by atoms with van der Waals surface area (Å²) in [5, 5.41) is 6.40. The van der Waals surface area contributed by atoms with Gasteiger partial charge in [-0.05, 0) is 61.3 Å². The fourth-order valence-corrected chi connectivity index (χ4v) is 7.80. The minimum absolute atomic E-state index is 0.0454. The van der Waals surface area contributed by atoms with Crippen molar-refractivity contribution in [1.82, 2.24) is 15.5 Å². The van der Waals surface area contributed by atoms with E-state index in [0.717, 1.165) is 4.90 Å². The van der Waals surface area contributed by atoms with Crippen molar-refractivity contribution in [3.8, 4) is 0 Å². The number of imide groups is 1. The van der Waals surface area contributed by atoms with Gasteiger partial charge in [0.2, 0.25) is 19.2 Å². The maximum absolute atomic E-state index is 14.3. The molecule has 0 bridgehead atoms. The van der Waals surface area contributed by atoms with E-state index in [1.807, 2.05) is 27.7 Å². The van der Waals surface area contributed by atoms with Crippen LogP contribution in [-0.2, 0) is 18.7 Å². The molecule has 4 amide bonds. The van der Waals surface area contributed by atoms with Gasteiger partial charge in [-0.1, -0.05) is 27.7 Å². The first kappa shape index (κ1) is 32.1. The van der Waals surface area contributed by atoms with Gasteiger partial charge in [-0.2, -0.15) is 0 Å². The van der Waals surface area contributed by atoms with Gasteiger partial charge in [0, 0.05) is 35.9 Å². The molecule has 0 fully saturated rings. The van der Waals surface area contributed by atoms with E-state index >= 15 is 0 Å². The number of hydrogen-bond donors (Lipinski definition) is 4. The molecule has 11 nitrogen and oxygen atoms in total.